The van der Waals surface area contributed by atoms with Crippen molar-refractivity contribution in [1.29, 1.82) is 0 Å². The quantitative estimate of drug-likeness (QED) is 0.669. The molecule has 0 aliphatic carbocycles. The van der Waals surface area contributed by atoms with Crippen LogP contribution in [0.5, 0.6) is 0 Å². The van der Waals surface area contributed by atoms with E-state index in [0.29, 0.717) is 18.5 Å². The molecular formula is C13H14BrNO. The normalized spacial score (nSPS) is 9.19. The van der Waals surface area contributed by atoms with Gasteiger partial charge < -0.3 is 5.32 Å². The fraction of sp³-hybridized carbons (Fsp3) is 0.308. The van der Waals surface area contributed by atoms with Crippen molar-refractivity contribution in [2.75, 3.05) is 6.54 Å². The molecule has 1 aromatic carbocycles. The Morgan fingerprint density at radius 3 is 2.94 bits per heavy atom. The standard InChI is InChI=1S/C13H14BrNO/c1-3-4-5-9-15-13(16)11-8-6-7-10(2)12(11)14/h6-8H,5,9H2,1-2H3,(H,15,16). The molecule has 1 rings (SSSR count). The van der Waals surface area contributed by atoms with Gasteiger partial charge in [0, 0.05) is 17.4 Å². The molecule has 0 fully saturated rings. The van der Waals surface area contributed by atoms with Gasteiger partial charge in [-0.1, -0.05) is 12.1 Å². The highest BCUT2D eigenvalue weighted by Crippen LogP contribution is 2.20. The van der Waals surface area contributed by atoms with Gasteiger partial charge in [-0.05, 0) is 41.4 Å². The largest absolute Gasteiger partial charge is 0.351 e. The molecule has 0 spiro atoms. The van der Waals surface area contributed by atoms with Crippen LogP contribution in [0.15, 0.2) is 22.7 Å². The van der Waals surface area contributed by atoms with Crippen molar-refractivity contribution in [3.63, 3.8) is 0 Å². The summed E-state index contributed by atoms with van der Waals surface area (Å²) >= 11 is 3.41. The number of hydrogen-bond acceptors (Lipinski definition) is 1. The summed E-state index contributed by atoms with van der Waals surface area (Å²) in [6.07, 6.45) is 0.686. The number of halogens is 1. The van der Waals surface area contributed by atoms with Crippen molar-refractivity contribution in [2.24, 2.45) is 0 Å². The third-order valence-corrected chi connectivity index (χ3v) is 3.20. The van der Waals surface area contributed by atoms with Crippen LogP contribution < -0.4 is 5.32 Å². The molecule has 0 heterocycles. The highest BCUT2D eigenvalue weighted by atomic mass is 79.9. The first-order chi connectivity index (χ1) is 7.66. The molecule has 0 atom stereocenters. The second kappa shape index (κ2) is 6.34. The second-order valence-electron chi connectivity index (χ2n) is 3.37. The summed E-state index contributed by atoms with van der Waals surface area (Å²) in [6, 6.07) is 5.64. The molecule has 0 radical (unpaired) electrons. The summed E-state index contributed by atoms with van der Waals surface area (Å²) in [6.45, 7) is 4.34. The van der Waals surface area contributed by atoms with Crippen molar-refractivity contribution >= 4 is 21.8 Å². The zero-order chi connectivity index (χ0) is 12.0. The lowest BCUT2D eigenvalue weighted by Crippen LogP contribution is -2.24. The molecule has 84 valence electrons. The average Bonchev–Trinajstić information content (AvgIpc) is 2.28. The van der Waals surface area contributed by atoms with Gasteiger partial charge in [0.25, 0.3) is 5.91 Å². The van der Waals surface area contributed by atoms with Gasteiger partial charge in [-0.3, -0.25) is 4.79 Å². The highest BCUT2D eigenvalue weighted by Gasteiger charge is 2.09. The van der Waals surface area contributed by atoms with Crippen LogP contribution in [0.4, 0.5) is 0 Å². The summed E-state index contributed by atoms with van der Waals surface area (Å²) in [5.41, 5.74) is 1.73. The molecule has 3 heteroatoms. The molecule has 0 unspecified atom stereocenters. The first kappa shape index (κ1) is 12.8. The summed E-state index contributed by atoms with van der Waals surface area (Å²) in [5, 5.41) is 2.83. The lowest BCUT2D eigenvalue weighted by atomic mass is 10.1. The van der Waals surface area contributed by atoms with E-state index in [1.54, 1.807) is 13.0 Å². The zero-order valence-electron chi connectivity index (χ0n) is 9.43. The number of rotatable bonds is 3. The Morgan fingerprint density at radius 2 is 2.25 bits per heavy atom. The van der Waals surface area contributed by atoms with Crippen molar-refractivity contribution in [3.05, 3.63) is 33.8 Å². The van der Waals surface area contributed by atoms with E-state index >= 15 is 0 Å². The minimum Gasteiger partial charge on any atom is -0.351 e. The number of carbonyl (C=O) groups excluding carboxylic acids is 1. The molecule has 0 aromatic heterocycles. The lowest BCUT2D eigenvalue weighted by Gasteiger charge is -2.07. The minimum absolute atomic E-state index is 0.0616. The highest BCUT2D eigenvalue weighted by molar-refractivity contribution is 9.10. The van der Waals surface area contributed by atoms with Crippen LogP contribution in [-0.2, 0) is 0 Å². The number of carbonyl (C=O) groups is 1. The van der Waals surface area contributed by atoms with E-state index in [0.717, 1.165) is 10.0 Å². The molecule has 2 nitrogen and oxygen atoms in total. The summed E-state index contributed by atoms with van der Waals surface area (Å²) < 4.78 is 0.856. The summed E-state index contributed by atoms with van der Waals surface area (Å²) in [5.74, 6) is 5.63. The molecular weight excluding hydrogens is 266 g/mol. The molecule has 0 aliphatic rings. The Balaban J connectivity index is 2.65. The molecule has 1 N–H and O–H groups in total. The number of nitrogens with one attached hydrogen (secondary N) is 1. The first-order valence-corrected chi connectivity index (χ1v) is 5.89. The van der Waals surface area contributed by atoms with Gasteiger partial charge in [0.2, 0.25) is 0 Å². The van der Waals surface area contributed by atoms with Gasteiger partial charge in [0.15, 0.2) is 0 Å². The monoisotopic (exact) mass is 279 g/mol. The van der Waals surface area contributed by atoms with Gasteiger partial charge in [-0.2, -0.15) is 0 Å². The number of hydrogen-bond donors (Lipinski definition) is 1. The lowest BCUT2D eigenvalue weighted by molar-refractivity contribution is 0.0953. The van der Waals surface area contributed by atoms with Gasteiger partial charge >= 0.3 is 0 Å². The maximum absolute atomic E-state index is 11.8. The SMILES string of the molecule is CC#CCCNC(=O)c1cccc(C)c1Br. The van der Waals surface area contributed by atoms with Gasteiger partial charge in [-0.15, -0.1) is 11.8 Å². The molecule has 0 saturated carbocycles. The van der Waals surface area contributed by atoms with Gasteiger partial charge in [0.05, 0.1) is 5.56 Å². The van der Waals surface area contributed by atoms with Crippen LogP contribution in [0.1, 0.15) is 29.3 Å². The van der Waals surface area contributed by atoms with Crippen LogP contribution in [0.3, 0.4) is 0 Å². The first-order valence-electron chi connectivity index (χ1n) is 5.09. The van der Waals surface area contributed by atoms with Gasteiger partial charge in [-0.25, -0.2) is 0 Å². The number of benzene rings is 1. The fourth-order valence-electron chi connectivity index (χ4n) is 1.28. The van der Waals surface area contributed by atoms with Crippen molar-refractivity contribution in [2.45, 2.75) is 20.3 Å². The number of amides is 1. The Morgan fingerprint density at radius 1 is 1.50 bits per heavy atom. The fourth-order valence-corrected chi connectivity index (χ4v) is 1.73. The Labute approximate surface area is 105 Å². The van der Waals surface area contributed by atoms with E-state index in [1.807, 2.05) is 19.1 Å². The smallest absolute Gasteiger partial charge is 0.252 e. The van der Waals surface area contributed by atoms with Crippen LogP contribution >= 0.6 is 15.9 Å². The van der Waals surface area contributed by atoms with Crippen LogP contribution in [-0.4, -0.2) is 12.5 Å². The van der Waals surface area contributed by atoms with E-state index < -0.39 is 0 Å². The maximum atomic E-state index is 11.8. The maximum Gasteiger partial charge on any atom is 0.252 e. The molecule has 0 saturated heterocycles. The van der Waals surface area contributed by atoms with Crippen LogP contribution in [0.25, 0.3) is 0 Å². The Kier molecular flexibility index (Phi) is 5.07. The van der Waals surface area contributed by atoms with E-state index in [4.69, 9.17) is 0 Å². The average molecular weight is 280 g/mol. The minimum atomic E-state index is -0.0616. The third-order valence-electron chi connectivity index (χ3n) is 2.15. The van der Waals surface area contributed by atoms with Gasteiger partial charge in [0.1, 0.15) is 0 Å². The van der Waals surface area contributed by atoms with Crippen molar-refractivity contribution < 1.29 is 4.79 Å². The Bertz CT molecular complexity index is 443. The van der Waals surface area contributed by atoms with E-state index in [1.165, 1.54) is 0 Å². The molecule has 16 heavy (non-hydrogen) atoms. The van der Waals surface area contributed by atoms with Crippen molar-refractivity contribution in [3.8, 4) is 11.8 Å². The van der Waals surface area contributed by atoms with E-state index in [9.17, 15) is 4.79 Å². The number of aryl methyl sites for hydroxylation is 1. The van der Waals surface area contributed by atoms with Crippen LogP contribution in [0, 0.1) is 18.8 Å². The molecule has 1 amide bonds. The third kappa shape index (κ3) is 3.39. The van der Waals surface area contributed by atoms with Crippen molar-refractivity contribution in [1.82, 2.24) is 5.32 Å². The predicted molar refractivity (Wildman–Crippen MR) is 69.3 cm³/mol. The predicted octanol–water partition coefficient (Wildman–Crippen LogP) is 2.90. The molecule has 0 bridgehead atoms. The Hall–Kier alpha value is -1.27. The summed E-state index contributed by atoms with van der Waals surface area (Å²) in [4.78, 5) is 11.8. The topological polar surface area (TPSA) is 29.1 Å². The molecule has 0 aliphatic heterocycles. The molecule has 1 aromatic rings. The summed E-state index contributed by atoms with van der Waals surface area (Å²) in [7, 11) is 0. The second-order valence-corrected chi connectivity index (χ2v) is 4.16. The van der Waals surface area contributed by atoms with Crippen LogP contribution in [0.2, 0.25) is 0 Å². The van der Waals surface area contributed by atoms with E-state index in [2.05, 4.69) is 33.1 Å². The van der Waals surface area contributed by atoms with E-state index in [-0.39, 0.29) is 5.91 Å². The zero-order valence-corrected chi connectivity index (χ0v) is 11.0.